The molecular weight excluding hydrogens is 360 g/mol. The number of hydrogen-bond acceptors (Lipinski definition) is 3. The van der Waals surface area contributed by atoms with Crippen LogP contribution in [-0.4, -0.2) is 46.6 Å². The number of carbonyl (C=O) groups is 1. The van der Waals surface area contributed by atoms with Gasteiger partial charge in [0.15, 0.2) is 0 Å². The third kappa shape index (κ3) is 3.07. The van der Waals surface area contributed by atoms with E-state index in [1.165, 1.54) is 29.3 Å². The van der Waals surface area contributed by atoms with E-state index in [1.54, 1.807) is 11.3 Å². The van der Waals surface area contributed by atoms with Crippen molar-refractivity contribution in [3.05, 3.63) is 35.0 Å². The number of hydrogen-bond donors (Lipinski definition) is 1. The molecule has 3 aliphatic rings. The van der Waals surface area contributed by atoms with Crippen molar-refractivity contribution in [1.82, 2.24) is 9.47 Å². The molecule has 0 radical (unpaired) electrons. The van der Waals surface area contributed by atoms with Crippen LogP contribution in [0.4, 0.5) is 0 Å². The average Bonchev–Trinajstić information content (AvgIpc) is 3.52. The molecule has 29 heavy (non-hydrogen) atoms. The van der Waals surface area contributed by atoms with Crippen molar-refractivity contribution >= 4 is 16.7 Å². The molecule has 4 heteroatoms. The molecule has 2 heterocycles. The fraction of sp³-hybridized carbons (Fsp3) is 0.640. The first kappa shape index (κ1) is 19.3. The van der Waals surface area contributed by atoms with Crippen LogP contribution in [0.25, 0.3) is 10.9 Å². The van der Waals surface area contributed by atoms with Gasteiger partial charge in [0.1, 0.15) is 5.78 Å². The second-order valence-corrected chi connectivity index (χ2v) is 9.82. The predicted molar refractivity (Wildman–Crippen MR) is 116 cm³/mol. The van der Waals surface area contributed by atoms with Crippen LogP contribution in [0.2, 0.25) is 0 Å². The molecular formula is C25H34N2O2. The molecule has 1 aromatic heterocycles. The van der Waals surface area contributed by atoms with E-state index in [4.69, 9.17) is 0 Å². The number of aliphatic hydroxyl groups excluding tert-OH is 1. The van der Waals surface area contributed by atoms with Crippen molar-refractivity contribution in [3.63, 3.8) is 0 Å². The summed E-state index contributed by atoms with van der Waals surface area (Å²) in [4.78, 5) is 15.5. The van der Waals surface area contributed by atoms with Crippen molar-refractivity contribution in [2.24, 2.45) is 18.9 Å². The molecule has 2 aromatic rings. The Morgan fingerprint density at radius 3 is 2.76 bits per heavy atom. The molecule has 1 aliphatic heterocycles. The van der Waals surface area contributed by atoms with Crippen LogP contribution >= 0.6 is 0 Å². The average molecular weight is 395 g/mol. The van der Waals surface area contributed by atoms with Gasteiger partial charge in [-0.25, -0.2) is 0 Å². The first-order chi connectivity index (χ1) is 14.0. The summed E-state index contributed by atoms with van der Waals surface area (Å²) in [5.41, 5.74) is 6.01. The second kappa shape index (κ2) is 7.24. The Labute approximate surface area is 173 Å². The lowest BCUT2D eigenvalue weighted by atomic mass is 9.70. The summed E-state index contributed by atoms with van der Waals surface area (Å²) in [5.74, 6) is 1.73. The zero-order chi connectivity index (χ0) is 20.3. The number of aromatic nitrogens is 1. The molecule has 0 spiro atoms. The highest BCUT2D eigenvalue weighted by atomic mass is 16.3. The Kier molecular flexibility index (Phi) is 4.83. The van der Waals surface area contributed by atoms with Gasteiger partial charge in [0.05, 0.1) is 0 Å². The number of fused-ring (bicyclic) bond motifs is 2. The van der Waals surface area contributed by atoms with Gasteiger partial charge < -0.3 is 14.6 Å². The Hall–Kier alpha value is -1.65. The van der Waals surface area contributed by atoms with Crippen molar-refractivity contribution in [2.75, 3.05) is 20.2 Å². The number of piperidine rings is 1. The van der Waals surface area contributed by atoms with Gasteiger partial charge in [-0.3, -0.25) is 4.79 Å². The molecule has 2 fully saturated rings. The van der Waals surface area contributed by atoms with Crippen LogP contribution in [0.3, 0.4) is 0 Å². The highest BCUT2D eigenvalue weighted by Gasteiger charge is 2.43. The fourth-order valence-electron chi connectivity index (χ4n) is 6.21. The minimum atomic E-state index is 0.0882. The molecule has 4 nitrogen and oxygen atoms in total. The van der Waals surface area contributed by atoms with Crippen LogP contribution in [0.15, 0.2) is 18.2 Å². The maximum Gasteiger partial charge on any atom is 0.137 e. The summed E-state index contributed by atoms with van der Waals surface area (Å²) in [6.07, 6.45) is 6.13. The summed E-state index contributed by atoms with van der Waals surface area (Å²) >= 11 is 0. The van der Waals surface area contributed by atoms with E-state index in [0.717, 1.165) is 31.7 Å². The molecule has 5 rings (SSSR count). The van der Waals surface area contributed by atoms with E-state index >= 15 is 0 Å². The van der Waals surface area contributed by atoms with Gasteiger partial charge in [0.25, 0.3) is 0 Å². The number of aryl methyl sites for hydroxylation is 1. The summed E-state index contributed by atoms with van der Waals surface area (Å²) < 4.78 is 2.46. The third-order valence-corrected chi connectivity index (χ3v) is 8.04. The number of nitrogens with zero attached hydrogens (tertiary/aromatic N) is 2. The number of carbonyl (C=O) groups excluding carboxylic acids is 1. The van der Waals surface area contributed by atoms with Crippen molar-refractivity contribution in [2.45, 2.75) is 63.3 Å². The van der Waals surface area contributed by atoms with Gasteiger partial charge >= 0.3 is 0 Å². The van der Waals surface area contributed by atoms with E-state index < -0.39 is 0 Å². The van der Waals surface area contributed by atoms with Crippen LogP contribution in [0.5, 0.6) is 0 Å². The minimum absolute atomic E-state index is 0.0882. The predicted octanol–water partition coefficient (Wildman–Crippen LogP) is 3.99. The maximum absolute atomic E-state index is 13.0. The van der Waals surface area contributed by atoms with E-state index in [1.807, 2.05) is 0 Å². The van der Waals surface area contributed by atoms with E-state index in [-0.39, 0.29) is 18.4 Å². The molecule has 0 bridgehead atoms. The monoisotopic (exact) mass is 394 g/mol. The molecule has 156 valence electrons. The number of rotatable bonds is 6. The molecule has 1 aromatic carbocycles. The highest BCUT2D eigenvalue weighted by Crippen LogP contribution is 2.51. The number of aliphatic hydroxyl groups is 1. The normalized spacial score (nSPS) is 27.8. The van der Waals surface area contributed by atoms with Gasteiger partial charge in [0, 0.05) is 61.1 Å². The van der Waals surface area contributed by atoms with Crippen LogP contribution in [0, 0.1) is 11.8 Å². The first-order valence-electron chi connectivity index (χ1n) is 11.5. The minimum Gasteiger partial charge on any atom is -0.396 e. The largest absolute Gasteiger partial charge is 0.396 e. The third-order valence-electron chi connectivity index (χ3n) is 8.04. The molecule has 0 amide bonds. The standard InChI is InChI=1S/C25H34N2O2/c1-4-15(14-28)10-23(29)17-11-19-18-6-5-7-21-24(18)20(12-22(19)26(2)13-17)25(27(21)3)16-8-9-16/h5-7,15-17,19,22,28H,4,8-14H2,1-3H3/t15-,17-,19-,22-/m1/s1. The quantitative estimate of drug-likeness (QED) is 0.806. The lowest BCUT2D eigenvalue weighted by Crippen LogP contribution is -2.49. The number of likely N-dealkylation sites (N-methyl/N-ethyl adjacent to an activating group) is 1. The zero-order valence-electron chi connectivity index (χ0n) is 18.0. The lowest BCUT2D eigenvalue weighted by molar-refractivity contribution is -0.126. The summed E-state index contributed by atoms with van der Waals surface area (Å²) in [6.45, 7) is 3.04. The van der Waals surface area contributed by atoms with E-state index in [0.29, 0.717) is 24.2 Å². The van der Waals surface area contributed by atoms with Crippen molar-refractivity contribution in [1.29, 1.82) is 0 Å². The molecule has 2 aliphatic carbocycles. The Morgan fingerprint density at radius 2 is 2.07 bits per heavy atom. The van der Waals surface area contributed by atoms with Crippen LogP contribution in [-0.2, 0) is 18.3 Å². The van der Waals surface area contributed by atoms with Crippen molar-refractivity contribution in [3.8, 4) is 0 Å². The maximum atomic E-state index is 13.0. The van der Waals surface area contributed by atoms with Gasteiger partial charge in [-0.1, -0.05) is 25.5 Å². The Balaban J connectivity index is 1.51. The zero-order valence-corrected chi connectivity index (χ0v) is 18.0. The van der Waals surface area contributed by atoms with Crippen LogP contribution < -0.4 is 0 Å². The lowest BCUT2D eigenvalue weighted by Gasteiger charge is -2.45. The highest BCUT2D eigenvalue weighted by molar-refractivity contribution is 5.91. The molecule has 0 unspecified atom stereocenters. The Bertz CT molecular complexity index is 938. The SMILES string of the molecule is CC[C@@H](CO)CC(=O)[C@@H]1C[C@@H]2c3cccc4c3c(c(C3CC3)n4C)C[C@H]2N(C)C1. The van der Waals surface area contributed by atoms with Gasteiger partial charge in [-0.05, 0) is 61.8 Å². The molecule has 4 atom stereocenters. The van der Waals surface area contributed by atoms with Gasteiger partial charge in [-0.2, -0.15) is 0 Å². The first-order valence-corrected chi connectivity index (χ1v) is 11.5. The second-order valence-electron chi connectivity index (χ2n) is 9.82. The van der Waals surface area contributed by atoms with E-state index in [9.17, 15) is 9.90 Å². The summed E-state index contributed by atoms with van der Waals surface area (Å²) in [6, 6.07) is 7.31. The number of ketones is 1. The topological polar surface area (TPSA) is 45.5 Å². The summed E-state index contributed by atoms with van der Waals surface area (Å²) in [5, 5.41) is 11.0. The smallest absolute Gasteiger partial charge is 0.137 e. The molecule has 1 saturated heterocycles. The molecule has 1 N–H and O–H groups in total. The van der Waals surface area contributed by atoms with Gasteiger partial charge in [-0.15, -0.1) is 0 Å². The molecule has 1 saturated carbocycles. The number of likely N-dealkylation sites (tertiary alicyclic amines) is 1. The van der Waals surface area contributed by atoms with E-state index in [2.05, 4.69) is 48.7 Å². The fourth-order valence-corrected chi connectivity index (χ4v) is 6.21. The van der Waals surface area contributed by atoms with Crippen LogP contribution in [0.1, 0.15) is 67.7 Å². The number of Topliss-reactive ketones (excluding diaryl/α,β-unsaturated/α-hetero) is 1. The summed E-state index contributed by atoms with van der Waals surface area (Å²) in [7, 11) is 4.46. The van der Waals surface area contributed by atoms with Gasteiger partial charge in [0.2, 0.25) is 0 Å². The Morgan fingerprint density at radius 1 is 1.28 bits per heavy atom. The van der Waals surface area contributed by atoms with Crippen molar-refractivity contribution < 1.29 is 9.90 Å². The number of benzene rings is 1.